The Hall–Kier alpha value is -2.28. The molecule has 0 aliphatic carbocycles. The van der Waals surface area contributed by atoms with Crippen molar-refractivity contribution in [2.24, 2.45) is 5.92 Å². The molecule has 2 bridgehead atoms. The van der Waals surface area contributed by atoms with Crippen molar-refractivity contribution in [2.75, 3.05) is 18.4 Å². The SMILES string of the molecule is O=c1cccc2n1C[C@H]1C[C@@H]2CN(C(=S)Nc2cc(F)cc(F)c2)C1. The maximum absolute atomic E-state index is 13.3. The third kappa shape index (κ3) is 3.16. The average Bonchev–Trinajstić information content (AvgIpc) is 2.55. The van der Waals surface area contributed by atoms with E-state index in [0.29, 0.717) is 29.8 Å². The number of nitrogens with one attached hydrogen (secondary N) is 1. The molecule has 0 spiro atoms. The highest BCUT2D eigenvalue weighted by molar-refractivity contribution is 7.80. The topological polar surface area (TPSA) is 37.3 Å². The molecule has 25 heavy (non-hydrogen) atoms. The maximum Gasteiger partial charge on any atom is 0.250 e. The minimum absolute atomic E-state index is 0.0385. The molecule has 0 radical (unpaired) electrons. The Morgan fingerprint density at radius 1 is 1.12 bits per heavy atom. The van der Waals surface area contributed by atoms with Crippen LogP contribution in [0.1, 0.15) is 18.0 Å². The molecule has 1 fully saturated rings. The molecule has 1 aromatic carbocycles. The molecule has 2 aliphatic heterocycles. The molecular formula is C18H17F2N3OS. The summed E-state index contributed by atoms with van der Waals surface area (Å²) < 4.78 is 28.5. The lowest BCUT2D eigenvalue weighted by atomic mass is 9.83. The molecule has 7 heteroatoms. The number of benzene rings is 1. The van der Waals surface area contributed by atoms with E-state index in [0.717, 1.165) is 24.7 Å². The van der Waals surface area contributed by atoms with Crippen LogP contribution in [-0.4, -0.2) is 27.7 Å². The van der Waals surface area contributed by atoms with Gasteiger partial charge in [0.1, 0.15) is 11.6 Å². The van der Waals surface area contributed by atoms with E-state index in [2.05, 4.69) is 5.32 Å². The van der Waals surface area contributed by atoms with Gasteiger partial charge in [0.2, 0.25) is 0 Å². The molecule has 1 N–H and O–H groups in total. The third-order valence-electron chi connectivity index (χ3n) is 4.88. The fraction of sp³-hybridized carbons (Fsp3) is 0.333. The van der Waals surface area contributed by atoms with Crippen LogP contribution in [0.4, 0.5) is 14.5 Å². The van der Waals surface area contributed by atoms with Gasteiger partial charge < -0.3 is 14.8 Å². The van der Waals surface area contributed by atoms with E-state index in [4.69, 9.17) is 12.2 Å². The molecule has 1 aromatic heterocycles. The Morgan fingerprint density at radius 3 is 2.64 bits per heavy atom. The molecule has 2 aromatic rings. The first-order valence-electron chi connectivity index (χ1n) is 8.21. The summed E-state index contributed by atoms with van der Waals surface area (Å²) in [6.45, 7) is 2.09. The van der Waals surface area contributed by atoms with Gasteiger partial charge in [0.05, 0.1) is 0 Å². The van der Waals surface area contributed by atoms with Gasteiger partial charge in [-0.1, -0.05) is 6.07 Å². The maximum atomic E-state index is 13.3. The fourth-order valence-electron chi connectivity index (χ4n) is 3.89. The van der Waals surface area contributed by atoms with Crippen molar-refractivity contribution in [2.45, 2.75) is 18.9 Å². The summed E-state index contributed by atoms with van der Waals surface area (Å²) in [5.41, 5.74) is 1.37. The van der Waals surface area contributed by atoms with E-state index < -0.39 is 11.6 Å². The summed E-state index contributed by atoms with van der Waals surface area (Å²) in [4.78, 5) is 14.1. The van der Waals surface area contributed by atoms with Crippen molar-refractivity contribution in [1.82, 2.24) is 9.47 Å². The van der Waals surface area contributed by atoms with Crippen molar-refractivity contribution in [3.63, 3.8) is 0 Å². The van der Waals surface area contributed by atoms with Crippen LogP contribution in [0.25, 0.3) is 0 Å². The van der Waals surface area contributed by atoms with E-state index >= 15 is 0 Å². The minimum Gasteiger partial charge on any atom is -0.348 e. The summed E-state index contributed by atoms with van der Waals surface area (Å²) in [6.07, 6.45) is 1.02. The lowest BCUT2D eigenvalue weighted by Crippen LogP contribution is -2.50. The zero-order chi connectivity index (χ0) is 17.6. The Morgan fingerprint density at radius 2 is 1.88 bits per heavy atom. The van der Waals surface area contributed by atoms with Gasteiger partial charge in [-0.05, 0) is 42.8 Å². The van der Waals surface area contributed by atoms with Gasteiger partial charge in [-0.25, -0.2) is 8.78 Å². The van der Waals surface area contributed by atoms with Crippen LogP contribution in [-0.2, 0) is 6.54 Å². The third-order valence-corrected chi connectivity index (χ3v) is 5.24. The smallest absolute Gasteiger partial charge is 0.250 e. The summed E-state index contributed by atoms with van der Waals surface area (Å²) in [7, 11) is 0. The first-order chi connectivity index (χ1) is 12.0. The second kappa shape index (κ2) is 6.22. The zero-order valence-electron chi connectivity index (χ0n) is 13.4. The van der Waals surface area contributed by atoms with Crippen molar-refractivity contribution < 1.29 is 8.78 Å². The number of thiocarbonyl (C=S) groups is 1. The van der Waals surface area contributed by atoms with Crippen molar-refractivity contribution in [3.05, 3.63) is 64.1 Å². The van der Waals surface area contributed by atoms with Gasteiger partial charge >= 0.3 is 0 Å². The lowest BCUT2D eigenvalue weighted by molar-refractivity contribution is 0.180. The van der Waals surface area contributed by atoms with Gasteiger partial charge in [-0.15, -0.1) is 0 Å². The fourth-order valence-corrected chi connectivity index (χ4v) is 4.16. The number of pyridine rings is 1. The molecule has 130 valence electrons. The Kier molecular flexibility index (Phi) is 4.03. The molecule has 2 atom stereocenters. The highest BCUT2D eigenvalue weighted by atomic mass is 32.1. The van der Waals surface area contributed by atoms with E-state index in [9.17, 15) is 13.6 Å². The Bertz CT molecular complexity index is 878. The standard InChI is InChI=1S/C18H17F2N3OS/c19-13-5-14(20)7-15(6-13)21-18(25)22-8-11-4-12(10-22)16-2-1-3-17(24)23(16)9-11/h1-3,5-7,11-12H,4,8-10H2,(H,21,25)/t11-,12+/m0/s1. The van der Waals surface area contributed by atoms with E-state index in [1.807, 2.05) is 15.5 Å². The van der Waals surface area contributed by atoms with Crippen molar-refractivity contribution in [1.29, 1.82) is 0 Å². The highest BCUT2D eigenvalue weighted by Crippen LogP contribution is 2.35. The molecule has 3 heterocycles. The second-order valence-corrected chi connectivity index (χ2v) is 7.08. The Labute approximate surface area is 149 Å². The summed E-state index contributed by atoms with van der Waals surface area (Å²) >= 11 is 5.45. The first-order valence-corrected chi connectivity index (χ1v) is 8.62. The molecule has 4 rings (SSSR count). The van der Waals surface area contributed by atoms with Crippen LogP contribution in [0, 0.1) is 17.6 Å². The van der Waals surface area contributed by atoms with Gasteiger partial charge in [0.25, 0.3) is 5.56 Å². The van der Waals surface area contributed by atoms with E-state index in [1.54, 1.807) is 12.1 Å². The van der Waals surface area contributed by atoms with Crippen LogP contribution >= 0.6 is 12.2 Å². The predicted octanol–water partition coefficient (Wildman–Crippen LogP) is 2.94. The normalized spacial score (nSPS) is 21.6. The van der Waals surface area contributed by atoms with E-state index in [1.165, 1.54) is 12.1 Å². The molecule has 2 aliphatic rings. The lowest BCUT2D eigenvalue weighted by Gasteiger charge is -2.43. The van der Waals surface area contributed by atoms with E-state index in [-0.39, 0.29) is 11.5 Å². The average molecular weight is 361 g/mol. The number of aromatic nitrogens is 1. The molecule has 4 nitrogen and oxygen atoms in total. The summed E-state index contributed by atoms with van der Waals surface area (Å²) in [6, 6.07) is 8.63. The van der Waals surface area contributed by atoms with Gasteiger partial charge in [-0.2, -0.15) is 0 Å². The summed E-state index contributed by atoms with van der Waals surface area (Å²) in [5, 5.41) is 3.38. The van der Waals surface area contributed by atoms with Crippen molar-refractivity contribution in [3.8, 4) is 0 Å². The number of rotatable bonds is 1. The second-order valence-electron chi connectivity index (χ2n) is 6.69. The molecule has 0 unspecified atom stereocenters. The van der Waals surface area contributed by atoms with Crippen LogP contribution in [0.2, 0.25) is 0 Å². The predicted molar refractivity (Wildman–Crippen MR) is 95.7 cm³/mol. The molecule has 0 amide bonds. The quantitative estimate of drug-likeness (QED) is 0.793. The number of fused-ring (bicyclic) bond motifs is 4. The van der Waals surface area contributed by atoms with Crippen molar-refractivity contribution >= 4 is 23.0 Å². The van der Waals surface area contributed by atoms with Crippen LogP contribution < -0.4 is 10.9 Å². The van der Waals surface area contributed by atoms with Gasteiger partial charge in [0.15, 0.2) is 5.11 Å². The molecular weight excluding hydrogens is 344 g/mol. The zero-order valence-corrected chi connectivity index (χ0v) is 14.2. The monoisotopic (exact) mass is 361 g/mol. The molecule has 1 saturated heterocycles. The number of anilines is 1. The van der Waals surface area contributed by atoms with Gasteiger partial charge in [-0.3, -0.25) is 4.79 Å². The highest BCUT2D eigenvalue weighted by Gasteiger charge is 2.35. The minimum atomic E-state index is -0.644. The number of hydrogen-bond donors (Lipinski definition) is 1. The van der Waals surface area contributed by atoms with Crippen LogP contribution in [0.15, 0.2) is 41.2 Å². The number of hydrogen-bond acceptors (Lipinski definition) is 2. The largest absolute Gasteiger partial charge is 0.348 e. The van der Waals surface area contributed by atoms with Crippen LogP contribution in [0.5, 0.6) is 0 Å². The number of piperidine rings is 1. The Balaban J connectivity index is 1.53. The number of nitrogens with zero attached hydrogens (tertiary/aromatic N) is 2. The first kappa shape index (κ1) is 16.2. The van der Waals surface area contributed by atoms with Crippen LogP contribution in [0.3, 0.4) is 0 Å². The number of halogens is 2. The molecule has 0 saturated carbocycles. The summed E-state index contributed by atoms with van der Waals surface area (Å²) in [5.74, 6) is -0.732. The van der Waals surface area contributed by atoms with Gasteiger partial charge in [0, 0.05) is 49.1 Å². The number of likely N-dealkylation sites (tertiary alicyclic amines) is 1.